The number of anilines is 1. The summed E-state index contributed by atoms with van der Waals surface area (Å²) in [6, 6.07) is 16.3. The third kappa shape index (κ3) is 3.25. The van der Waals surface area contributed by atoms with Gasteiger partial charge in [-0.05, 0) is 48.4 Å². The van der Waals surface area contributed by atoms with Crippen LogP contribution < -0.4 is 9.62 Å². The van der Waals surface area contributed by atoms with Crippen molar-refractivity contribution < 1.29 is 13.2 Å². The summed E-state index contributed by atoms with van der Waals surface area (Å²) in [6.07, 6.45) is 4.58. The predicted octanol–water partition coefficient (Wildman–Crippen LogP) is 2.68. The Kier molecular flexibility index (Phi) is 4.54. The fourth-order valence-corrected chi connectivity index (χ4v) is 6.37. The number of rotatable bonds is 2. The molecule has 1 saturated heterocycles. The maximum atomic E-state index is 12.9. The lowest BCUT2D eigenvalue weighted by Gasteiger charge is -2.40. The largest absolute Gasteiger partial charge is 0.335 e. The molecule has 3 aliphatic rings. The van der Waals surface area contributed by atoms with Gasteiger partial charge in [0.1, 0.15) is 0 Å². The van der Waals surface area contributed by atoms with Crippen LogP contribution in [0, 0.1) is 0 Å². The van der Waals surface area contributed by atoms with Crippen LogP contribution in [-0.4, -0.2) is 51.3 Å². The highest BCUT2D eigenvalue weighted by Gasteiger charge is 2.47. The van der Waals surface area contributed by atoms with E-state index in [-0.39, 0.29) is 17.5 Å². The van der Waals surface area contributed by atoms with E-state index in [1.807, 2.05) is 41.3 Å². The first-order valence-corrected chi connectivity index (χ1v) is 12.4. The second-order valence-electron chi connectivity index (χ2n) is 8.88. The molecule has 0 bridgehead atoms. The molecule has 7 heteroatoms. The Balaban J connectivity index is 1.26. The highest BCUT2D eigenvalue weighted by atomic mass is 32.2. The molecule has 1 aliphatic carbocycles. The number of benzene rings is 2. The van der Waals surface area contributed by atoms with E-state index in [9.17, 15) is 13.2 Å². The molecule has 6 nitrogen and oxygen atoms in total. The first kappa shape index (κ1) is 19.4. The molecule has 0 saturated carbocycles. The van der Waals surface area contributed by atoms with Crippen molar-refractivity contribution in [3.8, 4) is 0 Å². The number of carbonyl (C=O) groups excluding carboxylic acids is 1. The van der Waals surface area contributed by atoms with E-state index in [0.717, 1.165) is 36.9 Å². The van der Waals surface area contributed by atoms with Gasteiger partial charge in [0, 0.05) is 31.1 Å². The number of carbonyl (C=O) groups is 1. The molecular formula is C23H27N3O3S. The van der Waals surface area contributed by atoms with Crippen molar-refractivity contribution in [2.24, 2.45) is 0 Å². The summed E-state index contributed by atoms with van der Waals surface area (Å²) >= 11 is 0. The van der Waals surface area contributed by atoms with Crippen molar-refractivity contribution in [3.63, 3.8) is 0 Å². The number of hydrogen-bond acceptors (Lipinski definition) is 3. The van der Waals surface area contributed by atoms with Crippen molar-refractivity contribution in [3.05, 3.63) is 65.2 Å². The molecule has 0 aromatic heterocycles. The topological polar surface area (TPSA) is 69.7 Å². The summed E-state index contributed by atoms with van der Waals surface area (Å²) in [5.74, 6) is 0. The number of para-hydroxylation sites is 1. The standard InChI is InChI=1S/C23H27N3O3S/c1-30(28,29)26-16-23(20-8-4-5-9-21(20)26)10-12-25(13-11-23)22(27)24-19-14-17-6-2-3-7-18(17)15-19/h2-9,19H,10-16H2,1H3,(H,24,27). The predicted molar refractivity (Wildman–Crippen MR) is 117 cm³/mol. The summed E-state index contributed by atoms with van der Waals surface area (Å²) in [5.41, 5.74) is 4.33. The molecule has 2 aromatic carbocycles. The molecule has 2 heterocycles. The zero-order valence-electron chi connectivity index (χ0n) is 17.2. The van der Waals surface area contributed by atoms with Crippen molar-refractivity contribution in [1.29, 1.82) is 0 Å². The van der Waals surface area contributed by atoms with Gasteiger partial charge in [-0.25, -0.2) is 13.2 Å². The second kappa shape index (κ2) is 7.01. The first-order valence-electron chi connectivity index (χ1n) is 10.6. The van der Waals surface area contributed by atoms with Gasteiger partial charge in [-0.2, -0.15) is 0 Å². The minimum atomic E-state index is -3.32. The number of fused-ring (bicyclic) bond motifs is 3. The van der Waals surface area contributed by atoms with Crippen LogP contribution >= 0.6 is 0 Å². The average Bonchev–Trinajstić information content (AvgIpc) is 3.28. The quantitative estimate of drug-likeness (QED) is 0.804. The molecule has 2 aromatic rings. The smallest absolute Gasteiger partial charge is 0.317 e. The van der Waals surface area contributed by atoms with E-state index in [4.69, 9.17) is 0 Å². The molecule has 2 amide bonds. The third-order valence-corrected chi connectivity index (χ3v) is 8.10. The zero-order chi connectivity index (χ0) is 20.9. The highest BCUT2D eigenvalue weighted by Crippen LogP contribution is 2.47. The summed E-state index contributed by atoms with van der Waals surface area (Å²) in [6.45, 7) is 1.74. The van der Waals surface area contributed by atoms with Crippen molar-refractivity contribution >= 4 is 21.7 Å². The highest BCUT2D eigenvalue weighted by molar-refractivity contribution is 7.92. The zero-order valence-corrected chi connectivity index (χ0v) is 18.0. The van der Waals surface area contributed by atoms with Crippen molar-refractivity contribution in [2.45, 2.75) is 37.1 Å². The van der Waals surface area contributed by atoms with Gasteiger partial charge in [-0.15, -0.1) is 0 Å². The van der Waals surface area contributed by atoms with Crippen LogP contribution in [0.4, 0.5) is 10.5 Å². The van der Waals surface area contributed by atoms with Crippen LogP contribution in [0.1, 0.15) is 29.5 Å². The monoisotopic (exact) mass is 425 g/mol. The molecular weight excluding hydrogens is 398 g/mol. The lowest BCUT2D eigenvalue weighted by molar-refractivity contribution is 0.159. The molecule has 5 rings (SSSR count). The Morgan fingerprint density at radius 2 is 1.60 bits per heavy atom. The van der Waals surface area contributed by atoms with Gasteiger partial charge in [0.05, 0.1) is 11.9 Å². The lowest BCUT2D eigenvalue weighted by atomic mass is 9.74. The number of sulfonamides is 1. The Labute approximate surface area is 177 Å². The second-order valence-corrected chi connectivity index (χ2v) is 10.8. The number of urea groups is 1. The van der Waals surface area contributed by atoms with Crippen LogP contribution in [0.5, 0.6) is 0 Å². The van der Waals surface area contributed by atoms with Gasteiger partial charge in [0.25, 0.3) is 0 Å². The Bertz CT molecular complexity index is 1070. The number of nitrogens with zero attached hydrogens (tertiary/aromatic N) is 2. The fraction of sp³-hybridized carbons (Fsp3) is 0.435. The first-order chi connectivity index (χ1) is 14.4. The van der Waals surface area contributed by atoms with E-state index in [2.05, 4.69) is 17.4 Å². The summed E-state index contributed by atoms with van der Waals surface area (Å²) in [7, 11) is -3.32. The average molecular weight is 426 g/mol. The third-order valence-electron chi connectivity index (χ3n) is 6.98. The van der Waals surface area contributed by atoms with Gasteiger partial charge in [-0.3, -0.25) is 4.31 Å². The number of likely N-dealkylation sites (tertiary alicyclic amines) is 1. The Hall–Kier alpha value is -2.54. The van der Waals surface area contributed by atoms with Crippen LogP contribution in [0.3, 0.4) is 0 Å². The maximum Gasteiger partial charge on any atom is 0.317 e. The summed E-state index contributed by atoms with van der Waals surface area (Å²) in [4.78, 5) is 14.8. The normalized spacial score (nSPS) is 20.3. The summed E-state index contributed by atoms with van der Waals surface area (Å²) < 4.78 is 26.2. The molecule has 158 valence electrons. The van der Waals surface area contributed by atoms with E-state index in [0.29, 0.717) is 19.6 Å². The molecule has 1 spiro atoms. The van der Waals surface area contributed by atoms with Crippen LogP contribution in [0.15, 0.2) is 48.5 Å². The molecule has 2 aliphatic heterocycles. The number of piperidine rings is 1. The van der Waals surface area contributed by atoms with E-state index >= 15 is 0 Å². The van der Waals surface area contributed by atoms with E-state index in [1.165, 1.54) is 21.7 Å². The summed E-state index contributed by atoms with van der Waals surface area (Å²) in [5, 5.41) is 3.21. The van der Waals surface area contributed by atoms with Crippen molar-refractivity contribution in [2.75, 3.05) is 30.2 Å². The van der Waals surface area contributed by atoms with Gasteiger partial charge in [0.15, 0.2) is 0 Å². The minimum Gasteiger partial charge on any atom is -0.335 e. The van der Waals surface area contributed by atoms with Gasteiger partial charge < -0.3 is 10.2 Å². The maximum absolute atomic E-state index is 12.9. The molecule has 1 N–H and O–H groups in total. The lowest BCUT2D eigenvalue weighted by Crippen LogP contribution is -2.52. The SMILES string of the molecule is CS(=O)(=O)N1CC2(CCN(C(=O)NC3Cc4ccccc4C3)CC2)c2ccccc21. The molecule has 0 radical (unpaired) electrons. The molecule has 0 atom stereocenters. The van der Waals surface area contributed by atoms with Gasteiger partial charge >= 0.3 is 6.03 Å². The van der Waals surface area contributed by atoms with Crippen LogP contribution in [-0.2, 0) is 28.3 Å². The Morgan fingerprint density at radius 1 is 1.00 bits per heavy atom. The minimum absolute atomic E-state index is 0.00564. The Morgan fingerprint density at radius 3 is 2.23 bits per heavy atom. The molecule has 0 unspecified atom stereocenters. The van der Waals surface area contributed by atoms with E-state index < -0.39 is 10.0 Å². The fourth-order valence-electron chi connectivity index (χ4n) is 5.37. The van der Waals surface area contributed by atoms with Gasteiger partial charge in [-0.1, -0.05) is 42.5 Å². The van der Waals surface area contributed by atoms with Crippen LogP contribution in [0.25, 0.3) is 0 Å². The molecule has 1 fully saturated rings. The number of amides is 2. The molecule has 30 heavy (non-hydrogen) atoms. The van der Waals surface area contributed by atoms with Crippen molar-refractivity contribution in [1.82, 2.24) is 10.2 Å². The van der Waals surface area contributed by atoms with Gasteiger partial charge in [0.2, 0.25) is 10.0 Å². The number of hydrogen-bond donors (Lipinski definition) is 1. The van der Waals surface area contributed by atoms with E-state index in [1.54, 1.807) is 0 Å². The van der Waals surface area contributed by atoms with Crippen LogP contribution in [0.2, 0.25) is 0 Å². The number of nitrogens with one attached hydrogen (secondary N) is 1.